The fourth-order valence-corrected chi connectivity index (χ4v) is 4.64. The standard InChI is InChI=1S/C20H40NO4PS2/c1-15(2)21(16(3)4)26(24-12-11-23-18(27)20(8,9)10)25-13-14-28-17(22)19(5,6)7/h15-16H,11-14H2,1-10H3/t26-/m0/s1. The summed E-state index contributed by atoms with van der Waals surface area (Å²) in [6.07, 6.45) is 0. The first kappa shape index (κ1) is 28.2. The summed E-state index contributed by atoms with van der Waals surface area (Å²) in [7, 11) is -1.24. The summed E-state index contributed by atoms with van der Waals surface area (Å²) in [6, 6.07) is 0.568. The van der Waals surface area contributed by atoms with E-state index in [9.17, 15) is 4.79 Å². The monoisotopic (exact) mass is 453 g/mol. The number of carbonyl (C=O) groups is 1. The van der Waals surface area contributed by atoms with Gasteiger partial charge in [-0.25, -0.2) is 4.67 Å². The van der Waals surface area contributed by atoms with Crippen molar-refractivity contribution in [2.75, 3.05) is 25.6 Å². The van der Waals surface area contributed by atoms with Gasteiger partial charge in [0.2, 0.25) is 0 Å². The molecule has 0 aromatic heterocycles. The van der Waals surface area contributed by atoms with Crippen molar-refractivity contribution in [1.82, 2.24) is 4.67 Å². The van der Waals surface area contributed by atoms with E-state index in [2.05, 4.69) is 32.4 Å². The highest BCUT2D eigenvalue weighted by atomic mass is 32.2. The zero-order valence-corrected chi connectivity index (χ0v) is 21.9. The van der Waals surface area contributed by atoms with Gasteiger partial charge in [0.1, 0.15) is 6.61 Å². The van der Waals surface area contributed by atoms with Gasteiger partial charge in [0, 0.05) is 28.7 Å². The molecule has 0 saturated carbocycles. The molecule has 1 atom stereocenters. The van der Waals surface area contributed by atoms with Gasteiger partial charge in [-0.2, -0.15) is 0 Å². The summed E-state index contributed by atoms with van der Waals surface area (Å²) >= 11 is 6.62. The van der Waals surface area contributed by atoms with Crippen LogP contribution >= 0.6 is 32.5 Å². The number of thiocarbonyl (C=S) groups is 1. The minimum absolute atomic E-state index is 0.157. The normalized spacial score (nSPS) is 14.0. The first-order valence-electron chi connectivity index (χ1n) is 9.86. The lowest BCUT2D eigenvalue weighted by molar-refractivity contribution is -0.117. The highest BCUT2D eigenvalue weighted by Gasteiger charge is 2.28. The van der Waals surface area contributed by atoms with Crippen LogP contribution in [-0.4, -0.2) is 52.5 Å². The van der Waals surface area contributed by atoms with Gasteiger partial charge in [-0.15, -0.1) is 0 Å². The van der Waals surface area contributed by atoms with Crippen LogP contribution < -0.4 is 0 Å². The van der Waals surface area contributed by atoms with Crippen LogP contribution in [0.1, 0.15) is 69.2 Å². The summed E-state index contributed by atoms with van der Waals surface area (Å²) in [6.45, 7) is 21.7. The number of carbonyl (C=O) groups excluding carboxylic acids is 1. The SMILES string of the molecule is CC(C)N(C(C)C)[P@@](OCCOC(=S)C(C)(C)C)OCCSC(=O)C(C)(C)C. The van der Waals surface area contributed by atoms with Crippen LogP contribution in [-0.2, 0) is 18.6 Å². The van der Waals surface area contributed by atoms with Crippen molar-refractivity contribution in [2.45, 2.75) is 81.3 Å². The van der Waals surface area contributed by atoms with Crippen LogP contribution in [0.5, 0.6) is 0 Å². The molecular weight excluding hydrogens is 413 g/mol. The molecule has 0 rings (SSSR count). The van der Waals surface area contributed by atoms with E-state index in [1.807, 2.05) is 41.5 Å². The average molecular weight is 454 g/mol. The Labute approximate surface area is 183 Å². The molecule has 166 valence electrons. The Balaban J connectivity index is 4.68. The van der Waals surface area contributed by atoms with Crippen molar-refractivity contribution in [3.8, 4) is 0 Å². The highest BCUT2D eigenvalue weighted by Crippen LogP contribution is 2.45. The second kappa shape index (κ2) is 12.8. The maximum Gasteiger partial charge on any atom is 0.259 e. The van der Waals surface area contributed by atoms with E-state index in [0.29, 0.717) is 30.6 Å². The van der Waals surface area contributed by atoms with E-state index in [0.717, 1.165) is 0 Å². The molecule has 0 unspecified atom stereocenters. The summed E-state index contributed by atoms with van der Waals surface area (Å²) in [5.41, 5.74) is -0.494. The van der Waals surface area contributed by atoms with E-state index in [-0.39, 0.29) is 28.0 Å². The summed E-state index contributed by atoms with van der Waals surface area (Å²) in [5, 5.41) is 0.762. The van der Waals surface area contributed by atoms with Gasteiger partial charge in [0.05, 0.1) is 13.2 Å². The third-order valence-corrected chi connectivity index (χ3v) is 7.59. The van der Waals surface area contributed by atoms with Crippen molar-refractivity contribution in [2.24, 2.45) is 10.8 Å². The number of hydrogen-bond donors (Lipinski definition) is 0. The Kier molecular flexibility index (Phi) is 12.9. The molecule has 28 heavy (non-hydrogen) atoms. The first-order chi connectivity index (χ1) is 12.7. The van der Waals surface area contributed by atoms with E-state index in [1.165, 1.54) is 11.8 Å². The second-order valence-electron chi connectivity index (χ2n) is 9.24. The largest absolute Gasteiger partial charge is 0.484 e. The Bertz CT molecular complexity index is 446. The lowest BCUT2D eigenvalue weighted by atomic mass is 9.98. The van der Waals surface area contributed by atoms with Crippen molar-refractivity contribution in [1.29, 1.82) is 0 Å². The Morgan fingerprint density at radius 1 is 0.929 bits per heavy atom. The van der Waals surface area contributed by atoms with Gasteiger partial charge in [0.25, 0.3) is 8.53 Å². The average Bonchev–Trinajstić information content (AvgIpc) is 2.51. The van der Waals surface area contributed by atoms with Gasteiger partial charge in [0.15, 0.2) is 10.2 Å². The maximum absolute atomic E-state index is 12.1. The summed E-state index contributed by atoms with van der Waals surface area (Å²) in [4.78, 5) is 12.1. The predicted octanol–water partition coefficient (Wildman–Crippen LogP) is 6.06. The Morgan fingerprint density at radius 2 is 1.43 bits per heavy atom. The molecular formula is C20H40NO4PS2. The first-order valence-corrected chi connectivity index (χ1v) is 12.4. The summed E-state index contributed by atoms with van der Waals surface area (Å²) < 4.78 is 20.0. The highest BCUT2D eigenvalue weighted by molar-refractivity contribution is 8.13. The molecule has 0 amide bonds. The molecule has 0 N–H and O–H groups in total. The van der Waals surface area contributed by atoms with Gasteiger partial charge in [-0.05, 0) is 39.9 Å². The molecule has 0 aliphatic carbocycles. The smallest absolute Gasteiger partial charge is 0.259 e. The van der Waals surface area contributed by atoms with Crippen LogP contribution in [0.3, 0.4) is 0 Å². The molecule has 0 bridgehead atoms. The fraction of sp³-hybridized carbons (Fsp3) is 0.900. The molecule has 0 aliphatic rings. The number of hydrogen-bond acceptors (Lipinski definition) is 7. The fourth-order valence-electron chi connectivity index (χ4n) is 2.08. The molecule has 8 heteroatoms. The van der Waals surface area contributed by atoms with Crippen molar-refractivity contribution in [3.63, 3.8) is 0 Å². The number of nitrogens with zero attached hydrogens (tertiary/aromatic N) is 1. The number of ether oxygens (including phenoxy) is 1. The van der Waals surface area contributed by atoms with Crippen molar-refractivity contribution in [3.05, 3.63) is 0 Å². The third kappa shape index (κ3) is 11.4. The van der Waals surface area contributed by atoms with Crippen molar-refractivity contribution >= 4 is 42.7 Å². The maximum atomic E-state index is 12.1. The molecule has 0 radical (unpaired) electrons. The minimum atomic E-state index is -1.24. The number of rotatable bonds is 11. The zero-order chi connectivity index (χ0) is 22.1. The molecule has 5 nitrogen and oxygen atoms in total. The van der Waals surface area contributed by atoms with Gasteiger partial charge in [-0.3, -0.25) is 4.79 Å². The van der Waals surface area contributed by atoms with Crippen LogP contribution in [0, 0.1) is 10.8 Å². The topological polar surface area (TPSA) is 48.0 Å². The lowest BCUT2D eigenvalue weighted by Crippen LogP contribution is -2.34. The van der Waals surface area contributed by atoms with Crippen LogP contribution in [0.4, 0.5) is 0 Å². The molecule has 0 aliphatic heterocycles. The van der Waals surface area contributed by atoms with E-state index < -0.39 is 8.53 Å². The molecule has 0 aromatic rings. The molecule has 0 heterocycles. The quantitative estimate of drug-likeness (QED) is 0.214. The molecule has 0 spiro atoms. The zero-order valence-electron chi connectivity index (χ0n) is 19.3. The van der Waals surface area contributed by atoms with E-state index in [4.69, 9.17) is 26.0 Å². The number of thioether (sulfide) groups is 1. The third-order valence-electron chi connectivity index (χ3n) is 3.51. The van der Waals surface area contributed by atoms with E-state index in [1.54, 1.807) is 0 Å². The van der Waals surface area contributed by atoms with E-state index >= 15 is 0 Å². The van der Waals surface area contributed by atoms with Gasteiger partial charge in [-0.1, -0.05) is 53.3 Å². The molecule has 0 saturated heterocycles. The van der Waals surface area contributed by atoms with Crippen molar-refractivity contribution < 1.29 is 18.6 Å². The van der Waals surface area contributed by atoms with Crippen LogP contribution in [0.25, 0.3) is 0 Å². The summed E-state index contributed by atoms with van der Waals surface area (Å²) in [5.74, 6) is 0.618. The van der Waals surface area contributed by atoms with Crippen LogP contribution in [0.15, 0.2) is 0 Å². The lowest BCUT2D eigenvalue weighted by Gasteiger charge is -2.35. The van der Waals surface area contributed by atoms with Crippen LogP contribution in [0.2, 0.25) is 0 Å². The van der Waals surface area contributed by atoms with Gasteiger partial charge < -0.3 is 13.8 Å². The molecule has 0 aromatic carbocycles. The Morgan fingerprint density at radius 3 is 1.86 bits per heavy atom. The molecule has 0 fully saturated rings. The Hall–Kier alpha value is 0.220. The predicted molar refractivity (Wildman–Crippen MR) is 126 cm³/mol. The minimum Gasteiger partial charge on any atom is -0.484 e. The second-order valence-corrected chi connectivity index (χ2v) is 12.1. The van der Waals surface area contributed by atoms with Gasteiger partial charge >= 0.3 is 0 Å².